The number of pyridine rings is 1. The molecule has 0 aliphatic heterocycles. The molecule has 3 heteroatoms. The summed E-state index contributed by atoms with van der Waals surface area (Å²) in [4.78, 5) is 0. The summed E-state index contributed by atoms with van der Waals surface area (Å²) in [6.45, 7) is 0. The van der Waals surface area contributed by atoms with Crippen molar-refractivity contribution < 1.29 is 14.8 Å². The summed E-state index contributed by atoms with van der Waals surface area (Å²) < 4.78 is 1.78. The topological polar surface area (TPSA) is 44.3 Å². The van der Waals surface area contributed by atoms with E-state index >= 15 is 0 Å². The van der Waals surface area contributed by atoms with Crippen molar-refractivity contribution in [2.24, 2.45) is 7.05 Å². The van der Waals surface area contributed by atoms with Crippen LogP contribution in [0.25, 0.3) is 10.9 Å². The first-order valence-corrected chi connectivity index (χ1v) is 4.44. The van der Waals surface area contributed by atoms with Crippen molar-refractivity contribution in [1.29, 1.82) is 0 Å². The number of aryl methyl sites for hydroxylation is 1. The van der Waals surface area contributed by atoms with Gasteiger partial charge in [-0.1, -0.05) is 12.1 Å². The number of aliphatic hydroxyl groups excluding tert-OH is 1. The zero-order valence-corrected chi connectivity index (χ0v) is 7.88. The molecule has 0 bridgehead atoms. The van der Waals surface area contributed by atoms with Crippen LogP contribution in [0.3, 0.4) is 0 Å². The highest BCUT2D eigenvalue weighted by Gasteiger charge is 2.16. The zero-order chi connectivity index (χ0) is 10.1. The molecule has 2 N–H and O–H groups in total. The van der Waals surface area contributed by atoms with Crippen LogP contribution >= 0.6 is 0 Å². The maximum Gasteiger partial charge on any atom is 0.240 e. The Morgan fingerprint density at radius 2 is 1.79 bits per heavy atom. The van der Waals surface area contributed by atoms with Crippen LogP contribution in [-0.4, -0.2) is 10.2 Å². The van der Waals surface area contributed by atoms with Crippen molar-refractivity contribution in [3.63, 3.8) is 0 Å². The Hall–Kier alpha value is -1.45. The Labute approximate surface area is 81.9 Å². The number of benzene rings is 1. The van der Waals surface area contributed by atoms with E-state index in [4.69, 9.17) is 10.2 Å². The number of para-hydroxylation sites is 1. The SMILES string of the molecule is C[n+]1c(C(O)O)ccc2ccccc21. The van der Waals surface area contributed by atoms with E-state index in [1.54, 1.807) is 10.6 Å². The molecule has 0 atom stereocenters. The molecule has 0 aliphatic rings. The zero-order valence-electron chi connectivity index (χ0n) is 7.88. The Balaban J connectivity index is 2.75. The molecule has 0 saturated heterocycles. The fraction of sp³-hybridized carbons (Fsp3) is 0.182. The average Bonchev–Trinajstić information content (AvgIpc) is 2.18. The minimum Gasteiger partial charge on any atom is -0.360 e. The lowest BCUT2D eigenvalue weighted by Crippen LogP contribution is -2.35. The summed E-state index contributed by atoms with van der Waals surface area (Å²) in [6, 6.07) is 11.4. The van der Waals surface area contributed by atoms with Crippen molar-refractivity contribution in [1.82, 2.24) is 0 Å². The molecule has 0 unspecified atom stereocenters. The first-order chi connectivity index (χ1) is 6.70. The van der Waals surface area contributed by atoms with Crippen molar-refractivity contribution >= 4 is 10.9 Å². The lowest BCUT2D eigenvalue weighted by Gasteiger charge is -2.03. The first kappa shape index (κ1) is 9.12. The second-order valence-electron chi connectivity index (χ2n) is 3.25. The van der Waals surface area contributed by atoms with Gasteiger partial charge in [-0.2, -0.15) is 4.57 Å². The van der Waals surface area contributed by atoms with E-state index in [-0.39, 0.29) is 0 Å². The van der Waals surface area contributed by atoms with Gasteiger partial charge in [-0.25, -0.2) is 0 Å². The van der Waals surface area contributed by atoms with Gasteiger partial charge in [-0.05, 0) is 12.1 Å². The molecule has 2 aromatic rings. The third kappa shape index (κ3) is 1.36. The minimum absolute atomic E-state index is 0.490. The fourth-order valence-corrected chi connectivity index (χ4v) is 1.62. The molecule has 1 heterocycles. The van der Waals surface area contributed by atoms with Crippen LogP contribution in [0, 0.1) is 0 Å². The van der Waals surface area contributed by atoms with Crippen LogP contribution in [0.15, 0.2) is 36.4 Å². The Kier molecular flexibility index (Phi) is 2.19. The van der Waals surface area contributed by atoms with E-state index in [9.17, 15) is 0 Å². The van der Waals surface area contributed by atoms with Gasteiger partial charge in [0.15, 0.2) is 0 Å². The van der Waals surface area contributed by atoms with Gasteiger partial charge in [0.2, 0.25) is 17.5 Å². The maximum absolute atomic E-state index is 9.10. The van der Waals surface area contributed by atoms with Crippen molar-refractivity contribution in [3.8, 4) is 0 Å². The highest BCUT2D eigenvalue weighted by Crippen LogP contribution is 2.12. The van der Waals surface area contributed by atoms with Gasteiger partial charge in [0.1, 0.15) is 7.05 Å². The maximum atomic E-state index is 9.10. The Morgan fingerprint density at radius 3 is 2.50 bits per heavy atom. The summed E-state index contributed by atoms with van der Waals surface area (Å²) in [5.74, 6) is 0. The van der Waals surface area contributed by atoms with E-state index in [0.29, 0.717) is 5.69 Å². The second-order valence-corrected chi connectivity index (χ2v) is 3.25. The predicted octanol–water partition coefficient (Wildman–Crippen LogP) is 0.647. The number of aliphatic hydroxyl groups is 2. The summed E-state index contributed by atoms with van der Waals surface area (Å²) in [5.41, 5.74) is 1.47. The molecule has 0 fully saturated rings. The molecule has 0 radical (unpaired) electrons. The second kappa shape index (κ2) is 3.36. The van der Waals surface area contributed by atoms with Crippen LogP contribution in [-0.2, 0) is 7.05 Å². The quantitative estimate of drug-likeness (QED) is 0.512. The number of fused-ring (bicyclic) bond motifs is 1. The normalized spacial score (nSPS) is 11.1. The summed E-state index contributed by atoms with van der Waals surface area (Å²) in [6.07, 6.45) is -1.43. The molecule has 3 nitrogen and oxygen atoms in total. The lowest BCUT2D eigenvalue weighted by molar-refractivity contribution is -0.660. The third-order valence-corrected chi connectivity index (χ3v) is 2.38. The molecule has 1 aromatic heterocycles. The molecular weight excluding hydrogens is 178 g/mol. The summed E-state index contributed by atoms with van der Waals surface area (Å²) in [7, 11) is 1.82. The van der Waals surface area contributed by atoms with Crippen LogP contribution in [0.4, 0.5) is 0 Å². The monoisotopic (exact) mass is 190 g/mol. The Morgan fingerprint density at radius 1 is 1.07 bits per heavy atom. The smallest absolute Gasteiger partial charge is 0.240 e. The van der Waals surface area contributed by atoms with Crippen molar-refractivity contribution in [2.45, 2.75) is 6.29 Å². The Bertz CT molecular complexity index is 466. The number of hydrogen-bond acceptors (Lipinski definition) is 2. The number of nitrogens with zero attached hydrogens (tertiary/aromatic N) is 1. The van der Waals surface area contributed by atoms with Gasteiger partial charge >= 0.3 is 0 Å². The largest absolute Gasteiger partial charge is 0.360 e. The number of hydrogen-bond donors (Lipinski definition) is 2. The third-order valence-electron chi connectivity index (χ3n) is 2.38. The molecular formula is C11H12NO2+. The molecule has 0 amide bonds. The minimum atomic E-state index is -1.43. The van der Waals surface area contributed by atoms with E-state index in [1.165, 1.54) is 0 Å². The number of rotatable bonds is 1. The number of aromatic nitrogens is 1. The lowest BCUT2D eigenvalue weighted by atomic mass is 10.2. The van der Waals surface area contributed by atoms with Gasteiger partial charge in [-0.15, -0.1) is 0 Å². The van der Waals surface area contributed by atoms with Crippen molar-refractivity contribution in [3.05, 3.63) is 42.1 Å². The fourth-order valence-electron chi connectivity index (χ4n) is 1.62. The van der Waals surface area contributed by atoms with E-state index < -0.39 is 6.29 Å². The van der Waals surface area contributed by atoms with Crippen LogP contribution in [0.5, 0.6) is 0 Å². The standard InChI is InChI=1S/C11H12NO2/c1-12-9-5-3-2-4-8(9)6-7-10(12)11(13)14/h2-7,11,13-14H,1H3/q+1. The average molecular weight is 190 g/mol. The van der Waals surface area contributed by atoms with Gasteiger partial charge in [0, 0.05) is 17.5 Å². The van der Waals surface area contributed by atoms with Gasteiger partial charge in [-0.3, -0.25) is 0 Å². The van der Waals surface area contributed by atoms with Crippen molar-refractivity contribution in [2.75, 3.05) is 0 Å². The van der Waals surface area contributed by atoms with Crippen LogP contribution in [0.2, 0.25) is 0 Å². The highest BCUT2D eigenvalue weighted by molar-refractivity contribution is 5.75. The van der Waals surface area contributed by atoms with E-state index in [1.807, 2.05) is 37.4 Å². The molecule has 2 rings (SSSR count). The van der Waals surface area contributed by atoms with Crippen LogP contribution in [0.1, 0.15) is 12.0 Å². The van der Waals surface area contributed by atoms with Gasteiger partial charge in [0.05, 0.1) is 0 Å². The highest BCUT2D eigenvalue weighted by atomic mass is 16.5. The first-order valence-electron chi connectivity index (χ1n) is 4.44. The van der Waals surface area contributed by atoms with Crippen LogP contribution < -0.4 is 4.57 Å². The molecule has 0 saturated carbocycles. The van der Waals surface area contributed by atoms with Gasteiger partial charge in [0.25, 0.3) is 0 Å². The molecule has 1 aromatic carbocycles. The molecule has 14 heavy (non-hydrogen) atoms. The summed E-state index contributed by atoms with van der Waals surface area (Å²) >= 11 is 0. The molecule has 0 aliphatic carbocycles. The van der Waals surface area contributed by atoms with E-state index in [2.05, 4.69) is 0 Å². The molecule has 0 spiro atoms. The molecule has 72 valence electrons. The predicted molar refractivity (Wildman–Crippen MR) is 52.3 cm³/mol. The van der Waals surface area contributed by atoms with E-state index in [0.717, 1.165) is 10.9 Å². The summed E-state index contributed by atoms with van der Waals surface area (Å²) in [5, 5.41) is 19.3. The van der Waals surface area contributed by atoms with Gasteiger partial charge < -0.3 is 10.2 Å².